The highest BCUT2D eigenvalue weighted by Gasteiger charge is 2.35. The van der Waals surface area contributed by atoms with Crippen molar-refractivity contribution in [3.05, 3.63) is 64.6 Å². The van der Waals surface area contributed by atoms with Crippen molar-refractivity contribution >= 4 is 59.6 Å². The van der Waals surface area contributed by atoms with E-state index < -0.39 is 68.1 Å². The van der Waals surface area contributed by atoms with Crippen LogP contribution in [0.1, 0.15) is 77.2 Å². The van der Waals surface area contributed by atoms with Gasteiger partial charge in [-0.25, -0.2) is 4.39 Å². The van der Waals surface area contributed by atoms with E-state index in [-0.39, 0.29) is 41.1 Å². The number of esters is 2. The third-order valence-corrected chi connectivity index (χ3v) is 10.1. The van der Waals surface area contributed by atoms with Gasteiger partial charge in [0.1, 0.15) is 24.2 Å². The number of Topliss-reactive ketones (excluding diaryl/α,β-unsaturated/α-hetero) is 1. The molecule has 2 amide bonds. The number of carbonyl (C=O) groups is 5. The van der Waals surface area contributed by atoms with E-state index in [9.17, 15) is 32.9 Å². The van der Waals surface area contributed by atoms with E-state index in [1.807, 2.05) is 0 Å². The Morgan fingerprint density at radius 2 is 1.59 bits per heavy atom. The van der Waals surface area contributed by atoms with Crippen molar-refractivity contribution in [3.8, 4) is 5.75 Å². The number of nitrogens with one attached hydrogen (secondary N) is 1. The van der Waals surface area contributed by atoms with Gasteiger partial charge in [0.15, 0.2) is 12.1 Å². The van der Waals surface area contributed by atoms with Gasteiger partial charge in [-0.3, -0.25) is 37.6 Å². The summed E-state index contributed by atoms with van der Waals surface area (Å²) in [5.41, 5.74) is -0.752. The summed E-state index contributed by atoms with van der Waals surface area (Å²) in [7, 11) is -4.23. The highest BCUT2D eigenvalue weighted by Crippen LogP contribution is 2.48. The number of amides is 2. The third-order valence-electron chi connectivity index (χ3n) is 8.39. The standard InChI is InChI=1S/C37H46ClFN3O11P/c1-23(43)27-18-41(19-31(44)42-15-9-12-29(42)33(45)40-17-24-10-8-11-28(38)32(24)39)30-16-25(13-14-26(27)30)51-22-54(48,52-20-49-34(46)36(2,3)4)53-21-50-35(47)37(5,6)7/h8,10-11,13-14,16,18,29H,9,12,15,17,19-22H2,1-7H3,(H,40,45)/t29-/m0/s1. The Bertz CT molecular complexity index is 1920. The summed E-state index contributed by atoms with van der Waals surface area (Å²) in [4.78, 5) is 65.3. The van der Waals surface area contributed by atoms with E-state index in [2.05, 4.69) is 5.32 Å². The SMILES string of the molecule is CC(=O)c1cn(CC(=O)N2CCC[C@H]2C(=O)NCc2cccc(Cl)c2F)c2cc(OCP(=O)(OCOC(=O)C(C)(C)C)OCOC(=O)C(C)(C)C)ccc12. The average molecular weight is 794 g/mol. The Morgan fingerprint density at radius 1 is 0.963 bits per heavy atom. The van der Waals surface area contributed by atoms with Crippen LogP contribution < -0.4 is 10.1 Å². The maximum atomic E-state index is 14.4. The van der Waals surface area contributed by atoms with Gasteiger partial charge in [0.2, 0.25) is 25.4 Å². The fourth-order valence-corrected chi connectivity index (χ4v) is 6.50. The molecule has 0 unspecified atom stereocenters. The number of likely N-dealkylation sites (tertiary alicyclic amines) is 1. The third kappa shape index (κ3) is 10.9. The molecule has 2 aromatic carbocycles. The van der Waals surface area contributed by atoms with Crippen LogP contribution >= 0.6 is 19.2 Å². The molecule has 4 rings (SSSR count). The van der Waals surface area contributed by atoms with Crippen molar-refractivity contribution in [2.75, 3.05) is 26.5 Å². The van der Waals surface area contributed by atoms with Gasteiger partial charge in [-0.1, -0.05) is 23.7 Å². The average Bonchev–Trinajstić information content (AvgIpc) is 3.73. The smallest absolute Gasteiger partial charge is 0.373 e. The van der Waals surface area contributed by atoms with Crippen LogP contribution in [0.25, 0.3) is 10.9 Å². The molecule has 1 aliphatic heterocycles. The number of aromatic nitrogens is 1. The number of benzene rings is 2. The first-order valence-corrected chi connectivity index (χ1v) is 19.3. The Kier molecular flexibility index (Phi) is 13.7. The molecule has 0 aliphatic carbocycles. The van der Waals surface area contributed by atoms with Crippen LogP contribution in [-0.4, -0.2) is 71.5 Å². The predicted octanol–water partition coefficient (Wildman–Crippen LogP) is 6.60. The molecule has 54 heavy (non-hydrogen) atoms. The topological polar surface area (TPSA) is 169 Å². The van der Waals surface area contributed by atoms with Gasteiger partial charge in [0.25, 0.3) is 0 Å². The fourth-order valence-electron chi connectivity index (χ4n) is 5.35. The van der Waals surface area contributed by atoms with E-state index in [1.165, 1.54) is 42.3 Å². The molecule has 17 heteroatoms. The number of fused-ring (bicyclic) bond motifs is 1. The second-order valence-electron chi connectivity index (χ2n) is 14.8. The summed E-state index contributed by atoms with van der Waals surface area (Å²) >= 11 is 5.86. The van der Waals surface area contributed by atoms with Crippen molar-refractivity contribution in [1.29, 1.82) is 0 Å². The predicted molar refractivity (Wildman–Crippen MR) is 196 cm³/mol. The monoisotopic (exact) mass is 793 g/mol. The highest BCUT2D eigenvalue weighted by atomic mass is 35.5. The molecular weight excluding hydrogens is 748 g/mol. The summed E-state index contributed by atoms with van der Waals surface area (Å²) in [6, 6.07) is 8.37. The fraction of sp³-hybridized carbons (Fsp3) is 0.486. The van der Waals surface area contributed by atoms with Gasteiger partial charge in [-0.05, 0) is 79.5 Å². The highest BCUT2D eigenvalue weighted by molar-refractivity contribution is 7.53. The van der Waals surface area contributed by atoms with Crippen LogP contribution in [0.15, 0.2) is 42.6 Å². The molecular formula is C37H46ClFN3O11P. The molecule has 1 aliphatic rings. The van der Waals surface area contributed by atoms with Crippen molar-refractivity contribution < 1.29 is 56.2 Å². The van der Waals surface area contributed by atoms with Crippen molar-refractivity contribution in [2.24, 2.45) is 10.8 Å². The number of ether oxygens (including phenoxy) is 3. The first-order chi connectivity index (χ1) is 25.2. The molecule has 0 spiro atoms. The molecule has 14 nitrogen and oxygen atoms in total. The van der Waals surface area contributed by atoms with Gasteiger partial charge in [-0.15, -0.1) is 0 Å². The summed E-state index contributed by atoms with van der Waals surface area (Å²) in [6.07, 6.45) is 1.83. The maximum absolute atomic E-state index is 14.4. The summed E-state index contributed by atoms with van der Waals surface area (Å²) in [5.74, 6) is -2.80. The van der Waals surface area contributed by atoms with Crippen LogP contribution in [0, 0.1) is 16.6 Å². The number of hydrogen-bond acceptors (Lipinski definition) is 11. The second kappa shape index (κ2) is 17.4. The molecule has 1 saturated heterocycles. The normalized spacial score (nSPS) is 14.9. The number of ketones is 1. The van der Waals surface area contributed by atoms with Gasteiger partial charge in [-0.2, -0.15) is 0 Å². The minimum atomic E-state index is -4.23. The number of carbonyl (C=O) groups excluding carboxylic acids is 5. The lowest BCUT2D eigenvalue weighted by atomic mass is 9.98. The molecule has 294 valence electrons. The Hall–Kier alpha value is -4.30. The molecule has 2 heterocycles. The quantitative estimate of drug-likeness (QED) is 0.0762. The van der Waals surface area contributed by atoms with Crippen LogP contribution in [-0.2, 0) is 55.4 Å². The minimum Gasteiger partial charge on any atom is -0.481 e. The summed E-state index contributed by atoms with van der Waals surface area (Å²) < 4.78 is 56.3. The van der Waals surface area contributed by atoms with E-state index in [1.54, 1.807) is 58.2 Å². The Labute approximate surface area is 318 Å². The summed E-state index contributed by atoms with van der Waals surface area (Å²) in [6.45, 7) is 9.68. The van der Waals surface area contributed by atoms with E-state index in [0.717, 1.165) is 0 Å². The molecule has 1 fully saturated rings. The first-order valence-electron chi connectivity index (χ1n) is 17.2. The van der Waals surface area contributed by atoms with Gasteiger partial charge in [0, 0.05) is 41.9 Å². The zero-order chi connectivity index (χ0) is 40.0. The number of halogens is 2. The number of rotatable bonds is 15. The number of nitrogens with zero attached hydrogens (tertiary/aromatic N) is 2. The first kappa shape index (κ1) is 42.4. The second-order valence-corrected chi connectivity index (χ2v) is 17.2. The van der Waals surface area contributed by atoms with Gasteiger partial charge < -0.3 is 29.0 Å². The van der Waals surface area contributed by atoms with Crippen molar-refractivity contribution in [3.63, 3.8) is 0 Å². The zero-order valence-corrected chi connectivity index (χ0v) is 33.0. The molecule has 3 aromatic rings. The largest absolute Gasteiger partial charge is 0.481 e. The zero-order valence-electron chi connectivity index (χ0n) is 31.4. The van der Waals surface area contributed by atoms with Crippen LogP contribution in [0.5, 0.6) is 5.75 Å². The van der Waals surface area contributed by atoms with E-state index in [0.29, 0.717) is 35.9 Å². The molecule has 0 saturated carbocycles. The Morgan fingerprint density at radius 3 is 2.19 bits per heavy atom. The lowest BCUT2D eigenvalue weighted by Crippen LogP contribution is -2.46. The minimum absolute atomic E-state index is 0.0645. The van der Waals surface area contributed by atoms with Crippen molar-refractivity contribution in [1.82, 2.24) is 14.8 Å². The number of hydrogen-bond donors (Lipinski definition) is 1. The molecule has 1 aromatic heterocycles. The molecule has 0 bridgehead atoms. The lowest BCUT2D eigenvalue weighted by molar-refractivity contribution is -0.162. The van der Waals surface area contributed by atoms with Gasteiger partial charge in [0.05, 0.1) is 21.4 Å². The van der Waals surface area contributed by atoms with E-state index in [4.69, 9.17) is 34.9 Å². The molecule has 1 atom stereocenters. The van der Waals surface area contributed by atoms with Crippen LogP contribution in [0.3, 0.4) is 0 Å². The lowest BCUT2D eigenvalue weighted by Gasteiger charge is -2.24. The van der Waals surface area contributed by atoms with Gasteiger partial charge >= 0.3 is 19.5 Å². The summed E-state index contributed by atoms with van der Waals surface area (Å²) in [5, 5.41) is 3.15. The Balaban J connectivity index is 1.50. The van der Waals surface area contributed by atoms with Crippen LogP contribution in [0.2, 0.25) is 5.02 Å². The van der Waals surface area contributed by atoms with Crippen LogP contribution in [0.4, 0.5) is 4.39 Å². The van der Waals surface area contributed by atoms with E-state index >= 15 is 0 Å². The van der Waals surface area contributed by atoms with Crippen molar-refractivity contribution in [2.45, 2.75) is 80.4 Å². The molecule has 0 radical (unpaired) electrons. The molecule has 1 N–H and O–H groups in total. The maximum Gasteiger partial charge on any atom is 0.373 e.